The van der Waals surface area contributed by atoms with Crippen molar-refractivity contribution < 1.29 is 24.0 Å². The van der Waals surface area contributed by atoms with Gasteiger partial charge in [0.15, 0.2) is 11.5 Å². The summed E-state index contributed by atoms with van der Waals surface area (Å²) in [6.07, 6.45) is 1.92. The van der Waals surface area contributed by atoms with Gasteiger partial charge in [-0.15, -0.1) is 11.3 Å². The number of hydrogen-bond acceptors (Lipinski definition) is 8. The average Bonchev–Trinajstić information content (AvgIpc) is 3.67. The van der Waals surface area contributed by atoms with E-state index in [0.717, 1.165) is 27.3 Å². The predicted octanol–water partition coefficient (Wildman–Crippen LogP) is 4.67. The Bertz CT molecular complexity index is 1370. The maximum absolute atomic E-state index is 13.9. The fraction of sp³-hybridized carbons (Fsp3) is 0.448. The first-order valence-electron chi connectivity index (χ1n) is 12.9. The Morgan fingerprint density at radius 2 is 2.03 bits per heavy atom. The number of carbonyl (C=O) groups excluding carboxylic acids is 2. The Morgan fingerprint density at radius 1 is 1.29 bits per heavy atom. The zero-order valence-corrected chi connectivity index (χ0v) is 23.1. The van der Waals surface area contributed by atoms with Gasteiger partial charge >= 0.3 is 0 Å². The molecule has 2 aliphatic rings. The van der Waals surface area contributed by atoms with E-state index in [0.29, 0.717) is 24.5 Å². The number of benzene rings is 1. The molecule has 1 fully saturated rings. The smallest absolute Gasteiger partial charge is 0.254 e. The van der Waals surface area contributed by atoms with Crippen LogP contribution in [0.5, 0.6) is 5.88 Å². The number of aliphatic hydroxyl groups is 1. The Kier molecular flexibility index (Phi) is 7.00. The number of likely N-dealkylation sites (tertiary alicyclic amines) is 1. The quantitative estimate of drug-likeness (QED) is 0.469. The second kappa shape index (κ2) is 10.1. The van der Waals surface area contributed by atoms with Gasteiger partial charge in [0.05, 0.1) is 40.8 Å². The van der Waals surface area contributed by atoms with Gasteiger partial charge in [-0.3, -0.25) is 9.59 Å². The van der Waals surface area contributed by atoms with Gasteiger partial charge in [-0.25, -0.2) is 4.98 Å². The molecule has 2 aromatic heterocycles. The van der Waals surface area contributed by atoms with Crippen molar-refractivity contribution in [3.8, 4) is 16.3 Å². The molecule has 0 saturated carbocycles. The summed E-state index contributed by atoms with van der Waals surface area (Å²) >= 11 is 1.60. The van der Waals surface area contributed by atoms with E-state index in [2.05, 4.69) is 10.1 Å². The molecule has 200 valence electrons. The zero-order valence-electron chi connectivity index (χ0n) is 22.3. The Balaban J connectivity index is 1.39. The first-order valence-corrected chi connectivity index (χ1v) is 13.8. The van der Waals surface area contributed by atoms with Crippen molar-refractivity contribution in [2.75, 3.05) is 13.7 Å². The molecule has 5 rings (SSSR count). The molecule has 1 saturated heterocycles. The summed E-state index contributed by atoms with van der Waals surface area (Å²) in [6.45, 7) is 8.06. The van der Waals surface area contributed by atoms with E-state index in [-0.39, 0.29) is 30.2 Å². The van der Waals surface area contributed by atoms with Crippen LogP contribution in [0.2, 0.25) is 0 Å². The third-order valence-corrected chi connectivity index (χ3v) is 8.87. The Labute approximate surface area is 226 Å². The minimum absolute atomic E-state index is 0.0170. The van der Waals surface area contributed by atoms with Crippen LogP contribution >= 0.6 is 11.3 Å². The zero-order chi connectivity index (χ0) is 27.2. The number of methoxy groups -OCH3 is 1. The highest BCUT2D eigenvalue weighted by Crippen LogP contribution is 2.43. The molecule has 8 nitrogen and oxygen atoms in total. The van der Waals surface area contributed by atoms with Gasteiger partial charge in [0, 0.05) is 12.6 Å². The minimum atomic E-state index is -0.728. The van der Waals surface area contributed by atoms with Crippen molar-refractivity contribution in [3.63, 3.8) is 0 Å². The van der Waals surface area contributed by atoms with Crippen LogP contribution in [0.1, 0.15) is 56.5 Å². The van der Waals surface area contributed by atoms with Crippen LogP contribution in [-0.2, 0) is 15.0 Å². The number of aryl methyl sites for hydroxylation is 1. The number of hydrogen-bond donors (Lipinski definition) is 1. The summed E-state index contributed by atoms with van der Waals surface area (Å²) in [5, 5.41) is 14.5. The van der Waals surface area contributed by atoms with E-state index in [1.165, 1.54) is 7.11 Å². The van der Waals surface area contributed by atoms with Crippen molar-refractivity contribution >= 4 is 23.0 Å². The summed E-state index contributed by atoms with van der Waals surface area (Å²) < 4.78 is 10.6. The number of rotatable bonds is 7. The van der Waals surface area contributed by atoms with E-state index >= 15 is 0 Å². The Morgan fingerprint density at radius 3 is 2.63 bits per heavy atom. The first kappa shape index (κ1) is 26.3. The summed E-state index contributed by atoms with van der Waals surface area (Å²) in [6, 6.07) is 9.40. The van der Waals surface area contributed by atoms with Gasteiger partial charge in [-0.1, -0.05) is 38.1 Å². The molecule has 1 amide bonds. The van der Waals surface area contributed by atoms with E-state index in [9.17, 15) is 14.7 Å². The van der Waals surface area contributed by atoms with Crippen LogP contribution in [0, 0.1) is 12.8 Å². The summed E-state index contributed by atoms with van der Waals surface area (Å²) in [4.78, 5) is 34.4. The molecule has 0 radical (unpaired) electrons. The maximum atomic E-state index is 13.9. The van der Waals surface area contributed by atoms with Gasteiger partial charge in [-0.2, -0.15) is 0 Å². The number of aromatic nitrogens is 2. The lowest BCUT2D eigenvalue weighted by Crippen LogP contribution is -2.41. The van der Waals surface area contributed by atoms with Gasteiger partial charge < -0.3 is 19.3 Å². The lowest BCUT2D eigenvalue weighted by molar-refractivity contribution is -0.135. The van der Waals surface area contributed by atoms with Gasteiger partial charge in [0.1, 0.15) is 5.92 Å². The maximum Gasteiger partial charge on any atom is 0.254 e. The topological polar surface area (TPSA) is 106 Å². The third kappa shape index (κ3) is 4.58. The molecule has 38 heavy (non-hydrogen) atoms. The van der Waals surface area contributed by atoms with Gasteiger partial charge in [0.25, 0.3) is 5.88 Å². The number of amides is 1. The molecule has 1 aliphatic carbocycles. The van der Waals surface area contributed by atoms with Gasteiger partial charge in [0.2, 0.25) is 5.91 Å². The van der Waals surface area contributed by atoms with Crippen LogP contribution < -0.4 is 4.74 Å². The highest BCUT2D eigenvalue weighted by atomic mass is 32.1. The largest absolute Gasteiger partial charge is 0.479 e. The molecular weight excluding hydrogens is 502 g/mol. The van der Waals surface area contributed by atoms with E-state index in [1.54, 1.807) is 28.4 Å². The molecule has 1 N–H and O–H groups in total. The van der Waals surface area contributed by atoms with Crippen LogP contribution in [0.15, 0.2) is 52.0 Å². The van der Waals surface area contributed by atoms with Crippen LogP contribution in [-0.4, -0.2) is 57.6 Å². The Hall–Kier alpha value is -3.30. The molecule has 3 aromatic rings. The molecule has 1 aliphatic heterocycles. The normalized spacial score (nSPS) is 24.2. The number of β-amino-alcohol motifs (C(OH)–C–C–N with tert-alkyl or cyclic N) is 1. The molecule has 0 spiro atoms. The predicted molar refractivity (Wildman–Crippen MR) is 144 cm³/mol. The second-order valence-electron chi connectivity index (χ2n) is 10.8. The molecule has 4 unspecified atom stereocenters. The van der Waals surface area contributed by atoms with E-state index < -0.39 is 17.4 Å². The number of ketones is 1. The lowest BCUT2D eigenvalue weighted by atomic mass is 9.77. The first-order chi connectivity index (χ1) is 18.1. The third-order valence-electron chi connectivity index (χ3n) is 7.89. The van der Waals surface area contributed by atoms with E-state index in [4.69, 9.17) is 9.26 Å². The van der Waals surface area contributed by atoms with Crippen molar-refractivity contribution in [2.45, 2.75) is 64.0 Å². The van der Waals surface area contributed by atoms with Crippen molar-refractivity contribution in [2.24, 2.45) is 5.92 Å². The summed E-state index contributed by atoms with van der Waals surface area (Å²) in [7, 11) is 1.50. The second-order valence-corrected chi connectivity index (χ2v) is 11.7. The molecule has 1 aromatic carbocycles. The van der Waals surface area contributed by atoms with Gasteiger partial charge in [-0.05, 0) is 60.5 Å². The van der Waals surface area contributed by atoms with Crippen LogP contribution in [0.4, 0.5) is 0 Å². The summed E-state index contributed by atoms with van der Waals surface area (Å²) in [5.41, 5.74) is 4.99. The number of carbonyl (C=O) groups is 2. The standard InChI is InChI=1S/C29H33N3O5S/c1-16(2)26(23-12-25(36-5)31-37-23)28(35)32-14-21(33)11-22(32)19-10-24(34)29(4,13-19)20-8-6-18(7-9-20)27-17(3)30-15-38-27/h6-10,12,15-16,21-22,26,33H,11,13-14H2,1-5H3. The molecule has 9 heteroatoms. The van der Waals surface area contributed by atoms with E-state index in [1.807, 2.05) is 57.5 Å². The SMILES string of the molecule is COc1cc(C(C(=O)N2CC(O)CC2C2=CC(=O)C(C)(c3ccc(-c4scnc4C)cc3)C2)C(C)C)on1. The fourth-order valence-electron chi connectivity index (χ4n) is 5.74. The molecule has 3 heterocycles. The van der Waals surface area contributed by atoms with Crippen molar-refractivity contribution in [3.05, 3.63) is 64.5 Å². The minimum Gasteiger partial charge on any atom is -0.479 e. The molecule has 4 atom stereocenters. The number of nitrogens with zero attached hydrogens (tertiary/aromatic N) is 3. The fourth-order valence-corrected chi connectivity index (χ4v) is 6.55. The number of allylic oxidation sites excluding steroid dienone is 1. The number of ether oxygens (including phenoxy) is 1. The number of aliphatic hydroxyl groups excluding tert-OH is 1. The highest BCUT2D eigenvalue weighted by Gasteiger charge is 2.47. The number of thiazole rings is 1. The van der Waals surface area contributed by atoms with Crippen LogP contribution in [0.25, 0.3) is 10.4 Å². The summed E-state index contributed by atoms with van der Waals surface area (Å²) in [5.74, 6) is -0.0304. The van der Waals surface area contributed by atoms with Crippen molar-refractivity contribution in [1.82, 2.24) is 15.0 Å². The molecular formula is C29H33N3O5S. The monoisotopic (exact) mass is 535 g/mol. The van der Waals surface area contributed by atoms with Crippen molar-refractivity contribution in [1.29, 1.82) is 0 Å². The highest BCUT2D eigenvalue weighted by molar-refractivity contribution is 7.13. The lowest BCUT2D eigenvalue weighted by Gasteiger charge is -2.31. The molecule has 0 bridgehead atoms. The average molecular weight is 536 g/mol. The van der Waals surface area contributed by atoms with Crippen LogP contribution in [0.3, 0.4) is 0 Å².